The molecule has 42 heavy (non-hydrogen) atoms. The number of piperidine rings is 1. The van der Waals surface area contributed by atoms with Gasteiger partial charge in [-0.15, -0.1) is 0 Å². The van der Waals surface area contributed by atoms with Crippen LogP contribution in [0, 0.1) is 0 Å². The number of nitrogens with zero attached hydrogens (tertiary/aromatic N) is 8. The molecule has 0 unspecified atom stereocenters. The molecule has 13 heteroatoms. The van der Waals surface area contributed by atoms with E-state index < -0.39 is 0 Å². The highest BCUT2D eigenvalue weighted by atomic mass is 16.5. The molecule has 0 bridgehead atoms. The van der Waals surface area contributed by atoms with Gasteiger partial charge in [-0.3, -0.25) is 9.59 Å². The van der Waals surface area contributed by atoms with Crippen LogP contribution in [0.3, 0.4) is 0 Å². The van der Waals surface area contributed by atoms with Crippen LogP contribution < -0.4 is 16.0 Å². The second-order valence-corrected chi connectivity index (χ2v) is 10.3. The van der Waals surface area contributed by atoms with Crippen molar-refractivity contribution in [2.75, 3.05) is 55.3 Å². The Bertz CT molecular complexity index is 1590. The lowest BCUT2D eigenvalue weighted by atomic mass is 10.0. The number of morpholine rings is 1. The second kappa shape index (κ2) is 11.9. The predicted molar refractivity (Wildman–Crippen MR) is 158 cm³/mol. The number of likely N-dealkylation sites (tertiary alicyclic amines) is 1. The fourth-order valence-corrected chi connectivity index (χ4v) is 5.32. The average Bonchev–Trinajstić information content (AvgIpc) is 3.46. The molecule has 5 heterocycles. The quantitative estimate of drug-likeness (QED) is 0.317. The van der Waals surface area contributed by atoms with Crippen molar-refractivity contribution in [2.45, 2.75) is 25.3 Å². The zero-order chi connectivity index (χ0) is 29.1. The number of nitrogens with one attached hydrogen (secondary N) is 1. The van der Waals surface area contributed by atoms with Gasteiger partial charge in [0.15, 0.2) is 11.5 Å². The number of carbonyl (C=O) groups excluding carboxylic acids is 2. The van der Waals surface area contributed by atoms with E-state index in [9.17, 15) is 9.59 Å². The first-order valence-electron chi connectivity index (χ1n) is 13.9. The normalized spacial score (nSPS) is 16.0. The highest BCUT2D eigenvalue weighted by molar-refractivity contribution is 5.98. The van der Waals surface area contributed by atoms with Crippen molar-refractivity contribution in [2.24, 2.45) is 0 Å². The summed E-state index contributed by atoms with van der Waals surface area (Å²) in [5.74, 6) is 1.31. The molecule has 6 rings (SSSR count). The minimum atomic E-state index is -0.272. The van der Waals surface area contributed by atoms with Gasteiger partial charge in [0.25, 0.3) is 0 Å². The first-order valence-corrected chi connectivity index (χ1v) is 13.9. The van der Waals surface area contributed by atoms with E-state index in [4.69, 9.17) is 25.5 Å². The van der Waals surface area contributed by atoms with E-state index in [-0.39, 0.29) is 23.8 Å². The van der Waals surface area contributed by atoms with Gasteiger partial charge in [-0.05, 0) is 36.6 Å². The van der Waals surface area contributed by atoms with Crippen LogP contribution in [-0.4, -0.2) is 85.8 Å². The molecule has 0 aliphatic carbocycles. The number of ether oxygens (including phenoxy) is 1. The molecule has 2 fully saturated rings. The van der Waals surface area contributed by atoms with Gasteiger partial charge in [-0.25, -0.2) is 24.6 Å². The van der Waals surface area contributed by atoms with Crippen molar-refractivity contribution in [1.29, 1.82) is 0 Å². The topological polar surface area (TPSA) is 157 Å². The molecule has 3 N–H and O–H groups in total. The number of hydrogen-bond donors (Lipinski definition) is 2. The van der Waals surface area contributed by atoms with E-state index in [1.165, 1.54) is 6.08 Å². The van der Waals surface area contributed by atoms with Gasteiger partial charge in [0.1, 0.15) is 5.82 Å². The molecule has 4 aromatic rings. The van der Waals surface area contributed by atoms with E-state index in [2.05, 4.69) is 26.8 Å². The Morgan fingerprint density at radius 1 is 1.02 bits per heavy atom. The monoisotopic (exact) mass is 568 g/mol. The number of nitrogens with two attached hydrogens (primary N) is 1. The molecule has 0 radical (unpaired) electrons. The zero-order valence-corrected chi connectivity index (χ0v) is 23.1. The molecule has 0 spiro atoms. The molecule has 216 valence electrons. The van der Waals surface area contributed by atoms with Crippen LogP contribution in [0.15, 0.2) is 55.5 Å². The lowest BCUT2D eigenvalue weighted by Gasteiger charge is -2.32. The van der Waals surface area contributed by atoms with Crippen LogP contribution in [0.5, 0.6) is 0 Å². The summed E-state index contributed by atoms with van der Waals surface area (Å²) in [6, 6.07) is 7.37. The minimum Gasteiger partial charge on any atom is -0.378 e. The lowest BCUT2D eigenvalue weighted by molar-refractivity contribution is -0.131. The van der Waals surface area contributed by atoms with Gasteiger partial charge in [0.2, 0.25) is 17.8 Å². The fourth-order valence-electron chi connectivity index (χ4n) is 5.32. The van der Waals surface area contributed by atoms with Crippen molar-refractivity contribution < 1.29 is 14.3 Å². The largest absolute Gasteiger partial charge is 0.378 e. The zero-order valence-electron chi connectivity index (χ0n) is 23.1. The summed E-state index contributed by atoms with van der Waals surface area (Å²) in [5.41, 5.74) is 8.67. The molecule has 0 atom stereocenters. The van der Waals surface area contributed by atoms with Gasteiger partial charge in [0, 0.05) is 44.3 Å². The van der Waals surface area contributed by atoms with Crippen molar-refractivity contribution in [3.63, 3.8) is 0 Å². The van der Waals surface area contributed by atoms with Gasteiger partial charge < -0.3 is 25.6 Å². The molecule has 3 aromatic heterocycles. The number of amides is 2. The van der Waals surface area contributed by atoms with E-state index in [0.717, 1.165) is 48.3 Å². The van der Waals surface area contributed by atoms with Crippen LogP contribution in [0.25, 0.3) is 22.4 Å². The molecular weight excluding hydrogens is 536 g/mol. The van der Waals surface area contributed by atoms with Crippen molar-refractivity contribution in [3.05, 3.63) is 61.1 Å². The SMILES string of the molecule is C=CC(=O)Nc1ccc(CC(=O)N2CCC(n3ncc4c(N5CCOCC5)nc(-c5cnc(N)nc5)nc43)CC2)cc1. The molecule has 13 nitrogen and oxygen atoms in total. The maximum absolute atomic E-state index is 13.1. The summed E-state index contributed by atoms with van der Waals surface area (Å²) < 4.78 is 7.53. The summed E-state index contributed by atoms with van der Waals surface area (Å²) in [6.07, 6.45) is 8.12. The highest BCUT2D eigenvalue weighted by Gasteiger charge is 2.28. The van der Waals surface area contributed by atoms with Crippen LogP contribution in [-0.2, 0) is 20.7 Å². The van der Waals surface area contributed by atoms with E-state index in [1.54, 1.807) is 24.5 Å². The summed E-state index contributed by atoms with van der Waals surface area (Å²) in [4.78, 5) is 46.7. The Labute approximate surface area is 242 Å². The second-order valence-electron chi connectivity index (χ2n) is 10.3. The summed E-state index contributed by atoms with van der Waals surface area (Å²) in [6.45, 7) is 7.41. The number of nitrogen functional groups attached to an aromatic ring is 1. The number of rotatable bonds is 7. The Hall–Kier alpha value is -4.91. The molecule has 2 aliphatic heterocycles. The average molecular weight is 569 g/mol. The van der Waals surface area contributed by atoms with Crippen molar-refractivity contribution in [3.8, 4) is 11.4 Å². The van der Waals surface area contributed by atoms with Crippen LogP contribution >= 0.6 is 0 Å². The Morgan fingerprint density at radius 3 is 2.43 bits per heavy atom. The number of benzene rings is 1. The fraction of sp³-hybridized carbons (Fsp3) is 0.345. The molecule has 0 saturated carbocycles. The number of aromatic nitrogens is 6. The molecule has 2 aliphatic rings. The maximum Gasteiger partial charge on any atom is 0.247 e. The molecule has 2 amide bonds. The number of hydrogen-bond acceptors (Lipinski definition) is 10. The van der Waals surface area contributed by atoms with Gasteiger partial charge in [-0.1, -0.05) is 18.7 Å². The molecule has 2 saturated heterocycles. The van der Waals surface area contributed by atoms with Crippen LogP contribution in [0.1, 0.15) is 24.4 Å². The summed E-state index contributed by atoms with van der Waals surface area (Å²) in [5, 5.41) is 8.35. The van der Waals surface area contributed by atoms with Gasteiger partial charge in [-0.2, -0.15) is 5.10 Å². The minimum absolute atomic E-state index is 0.0733. The third-order valence-corrected chi connectivity index (χ3v) is 7.60. The van der Waals surface area contributed by atoms with Crippen LogP contribution in [0.4, 0.5) is 17.5 Å². The Kier molecular flexibility index (Phi) is 7.73. The van der Waals surface area contributed by atoms with E-state index in [0.29, 0.717) is 49.8 Å². The third-order valence-electron chi connectivity index (χ3n) is 7.60. The predicted octanol–water partition coefficient (Wildman–Crippen LogP) is 2.23. The Balaban J connectivity index is 1.18. The van der Waals surface area contributed by atoms with Crippen molar-refractivity contribution >= 4 is 40.3 Å². The number of carbonyl (C=O) groups is 2. The molecule has 1 aromatic carbocycles. The first kappa shape index (κ1) is 27.3. The molecular formula is C29H32N10O3. The Morgan fingerprint density at radius 2 is 1.74 bits per heavy atom. The summed E-state index contributed by atoms with van der Waals surface area (Å²) in [7, 11) is 0. The standard InChI is InChI=1S/C29H32N10O3/c1-2-24(40)34-21-5-3-19(4-6-21)15-25(41)37-9-7-22(8-10-37)39-28-23(18-33-39)27(38-11-13-42-14-12-38)35-26(36-28)20-16-31-29(30)32-17-20/h2-6,16-18,22H,1,7-15H2,(H,34,40)(H2,30,31,32). The van der Waals surface area contributed by atoms with Crippen LogP contribution in [0.2, 0.25) is 0 Å². The van der Waals surface area contributed by atoms with E-state index >= 15 is 0 Å². The van der Waals surface area contributed by atoms with Gasteiger partial charge in [0.05, 0.1) is 42.8 Å². The number of anilines is 3. The van der Waals surface area contributed by atoms with Crippen molar-refractivity contribution in [1.82, 2.24) is 34.6 Å². The lowest BCUT2D eigenvalue weighted by Crippen LogP contribution is -2.40. The highest BCUT2D eigenvalue weighted by Crippen LogP contribution is 2.32. The maximum atomic E-state index is 13.1. The number of fused-ring (bicyclic) bond motifs is 1. The third kappa shape index (κ3) is 5.77. The van der Waals surface area contributed by atoms with Gasteiger partial charge >= 0.3 is 0 Å². The summed E-state index contributed by atoms with van der Waals surface area (Å²) >= 11 is 0. The van der Waals surface area contributed by atoms with E-state index in [1.807, 2.05) is 27.9 Å². The smallest absolute Gasteiger partial charge is 0.247 e. The first-order chi connectivity index (χ1) is 20.5.